The standard InChI is InChI=1S/H3P5Se12/c6-1(7)2(8,9)15-5(14-1)16-3(10,11)4(12,13)17-5/h(H3-,6,7,8,9,10,11,12,13)/p-3. The molecular formula is P5Se12-3. The average molecular weight is 1100 g/mol. The molecule has 2 saturated heterocycles. The van der Waals surface area contributed by atoms with E-state index in [1.54, 1.807) is 0 Å². The minimum absolute atomic E-state index is 0.486. The van der Waals surface area contributed by atoms with E-state index in [-0.39, 0.29) is 0 Å². The quantitative estimate of drug-likeness (QED) is 0.232. The van der Waals surface area contributed by atoms with Crippen LogP contribution in [-0.4, -0.2) is 179 Å². The van der Waals surface area contributed by atoms with Crippen LogP contribution in [0.1, 0.15) is 0 Å². The second-order valence-corrected chi connectivity index (χ2v) is 170. The predicted molar refractivity (Wildman–Crippen MR) is 104 cm³/mol. The van der Waals surface area contributed by atoms with Gasteiger partial charge in [0.25, 0.3) is 0 Å². The first kappa shape index (κ1) is 21.7. The van der Waals surface area contributed by atoms with E-state index in [4.69, 9.17) is 0 Å². The van der Waals surface area contributed by atoms with Crippen molar-refractivity contribution in [3.8, 4) is 0 Å². The van der Waals surface area contributed by atoms with Gasteiger partial charge in [0.2, 0.25) is 0 Å². The third kappa shape index (κ3) is 4.81. The van der Waals surface area contributed by atoms with E-state index in [0.29, 0.717) is 0 Å². The zero-order valence-corrected chi connectivity index (χ0v) is 32.2. The molecule has 0 unspecified atom stereocenters. The van der Waals surface area contributed by atoms with Crippen molar-refractivity contribution < 1.29 is 0 Å². The van der Waals surface area contributed by atoms with Crippen molar-refractivity contribution in [3.63, 3.8) is 0 Å². The number of hydrogen-bond donors (Lipinski definition) is 0. The van der Waals surface area contributed by atoms with Crippen molar-refractivity contribution in [1.82, 2.24) is 0 Å². The summed E-state index contributed by atoms with van der Waals surface area (Å²) in [7, 11) is 0. The molecule has 0 aromatic rings. The van der Waals surface area contributed by atoms with Gasteiger partial charge in [-0.15, -0.1) is 0 Å². The van der Waals surface area contributed by atoms with E-state index in [9.17, 15) is 0 Å². The number of rotatable bonds is 0. The van der Waals surface area contributed by atoms with Crippen molar-refractivity contribution in [1.29, 1.82) is 0 Å². The average Bonchev–Trinajstić information content (AvgIpc) is 2.21. The van der Waals surface area contributed by atoms with Gasteiger partial charge < -0.3 is 0 Å². The Morgan fingerprint density at radius 1 is 0.588 bits per heavy atom. The molecule has 0 amide bonds. The summed E-state index contributed by atoms with van der Waals surface area (Å²) in [5.74, 6) is 0. The van der Waals surface area contributed by atoms with E-state index < -0.39 is 12.3 Å². The minimum atomic E-state index is -0.823. The van der Waals surface area contributed by atoms with Crippen LogP contribution < -0.4 is 0 Å². The van der Waals surface area contributed by atoms with Gasteiger partial charge in [-0.05, 0) is 0 Å². The molecule has 0 aliphatic carbocycles. The van der Waals surface area contributed by atoms with Crippen LogP contribution >= 0.6 is 12.3 Å². The molecule has 0 nitrogen and oxygen atoms in total. The molecule has 0 aromatic heterocycles. The zero-order chi connectivity index (χ0) is 13.3. The van der Waals surface area contributed by atoms with Crippen LogP contribution in [0.5, 0.6) is 0 Å². The Morgan fingerprint density at radius 3 is 0.941 bits per heavy atom. The second-order valence-electron chi connectivity index (χ2n) is 2.65. The molecule has 0 N–H and O–H groups in total. The monoisotopic (exact) mass is 1110 g/mol. The van der Waals surface area contributed by atoms with Gasteiger partial charge in [-0.25, -0.2) is 0 Å². The first-order valence-electron chi connectivity index (χ1n) is 3.32. The fourth-order valence-electron chi connectivity index (χ4n) is 0.774. The molecule has 2 fully saturated rings. The number of hydrogen-bond acceptors (Lipinski definition) is 0. The van der Waals surface area contributed by atoms with Gasteiger partial charge in [0.1, 0.15) is 0 Å². The molecule has 100 valence electrons. The summed E-state index contributed by atoms with van der Waals surface area (Å²) in [6, 6.07) is 0. The molecule has 0 saturated carbocycles. The summed E-state index contributed by atoms with van der Waals surface area (Å²) >= 11 is 32.8. The van der Waals surface area contributed by atoms with E-state index in [1.807, 2.05) is 0 Å². The fraction of sp³-hybridized carbons (Fsp3) is 0. The van der Waals surface area contributed by atoms with E-state index in [0.717, 1.165) is 56.3 Å². The van der Waals surface area contributed by atoms with E-state index in [2.05, 4.69) is 123 Å². The first-order chi connectivity index (χ1) is 7.33. The summed E-state index contributed by atoms with van der Waals surface area (Å²) in [5.41, 5.74) is 0. The molecule has 0 radical (unpaired) electrons. The van der Waals surface area contributed by atoms with Crippen LogP contribution in [0.3, 0.4) is 0 Å². The van der Waals surface area contributed by atoms with Crippen molar-refractivity contribution in [2.75, 3.05) is 0 Å². The molecule has 2 rings (SSSR count). The van der Waals surface area contributed by atoms with E-state index in [1.165, 1.54) is 0 Å². The van der Waals surface area contributed by atoms with Crippen LogP contribution in [0.2, 0.25) is 0 Å². The molecular weight excluding hydrogens is 1100 g/mol. The Balaban J connectivity index is 2.47. The first-order valence-corrected chi connectivity index (χ1v) is 49.1. The molecule has 2 aliphatic heterocycles. The third-order valence-electron chi connectivity index (χ3n) is 1.41. The third-order valence-corrected chi connectivity index (χ3v) is 328. The molecule has 17 heteroatoms. The molecule has 2 aliphatic rings. The van der Waals surface area contributed by atoms with Crippen LogP contribution in [0.4, 0.5) is 0 Å². The van der Waals surface area contributed by atoms with Gasteiger partial charge in [0.05, 0.1) is 0 Å². The molecule has 1 spiro atoms. The maximum atomic E-state index is 3.63. The van der Waals surface area contributed by atoms with Crippen LogP contribution in [0, 0.1) is 0 Å². The van der Waals surface area contributed by atoms with Gasteiger partial charge >= 0.3 is 191 Å². The summed E-state index contributed by atoms with van der Waals surface area (Å²) in [6.45, 7) is 0. The molecule has 2 heterocycles. The van der Waals surface area contributed by atoms with Gasteiger partial charge in [-0.1, -0.05) is 0 Å². The Morgan fingerprint density at radius 2 is 0.765 bits per heavy atom. The Kier molecular flexibility index (Phi) is 9.47. The second kappa shape index (κ2) is 7.42. The SMILES string of the molecule is [Se]=[P@]1([Se-])[Se][P+]2([Se][P@]1(=[Se])[Se-])[Se][P@](=[Se])([Se-])[P@@](=[Se])([Se-])[Se]2. The van der Waals surface area contributed by atoms with Crippen LogP contribution in [0.15, 0.2) is 0 Å². The Labute approximate surface area is 186 Å². The van der Waals surface area contributed by atoms with Crippen molar-refractivity contribution in [2.24, 2.45) is 0 Å². The van der Waals surface area contributed by atoms with Gasteiger partial charge in [-0.3, -0.25) is 0 Å². The predicted octanol–water partition coefficient (Wildman–Crippen LogP) is -0.264. The van der Waals surface area contributed by atoms with Gasteiger partial charge in [0.15, 0.2) is 0 Å². The normalized spacial score (nSPS) is 57.6. The Bertz CT molecular complexity index is 452. The summed E-state index contributed by atoms with van der Waals surface area (Å²) in [4.78, 5) is 0. The van der Waals surface area contributed by atoms with Crippen LogP contribution in [0.25, 0.3) is 0 Å². The van der Waals surface area contributed by atoms with Crippen LogP contribution in [-0.2, 0) is 0 Å². The topological polar surface area (TPSA) is 0 Å². The summed E-state index contributed by atoms with van der Waals surface area (Å²) in [5, 5.41) is 0. The van der Waals surface area contributed by atoms with Crippen molar-refractivity contribution >= 4 is 191 Å². The van der Waals surface area contributed by atoms with Gasteiger partial charge in [-0.2, -0.15) is 0 Å². The molecule has 0 aromatic carbocycles. The Hall–Kier alpha value is 8.38. The summed E-state index contributed by atoms with van der Waals surface area (Å²) in [6.07, 6.45) is 0. The van der Waals surface area contributed by atoms with Gasteiger partial charge in [0, 0.05) is 0 Å². The fourth-order valence-corrected chi connectivity index (χ4v) is 738. The maximum absolute atomic E-state index is 3.63. The molecule has 17 heavy (non-hydrogen) atoms. The summed E-state index contributed by atoms with van der Waals surface area (Å²) < 4.78 is -3.78. The molecule has 0 bridgehead atoms. The molecule has 4 atom stereocenters. The van der Waals surface area contributed by atoms with Crippen molar-refractivity contribution in [2.45, 2.75) is 0 Å². The zero-order valence-electron chi connectivity index (χ0n) is 7.14. The van der Waals surface area contributed by atoms with Crippen molar-refractivity contribution in [3.05, 3.63) is 0 Å². The van der Waals surface area contributed by atoms with E-state index >= 15 is 0 Å².